The second-order valence-corrected chi connectivity index (χ2v) is 2.84. The molecule has 66 valence electrons. The van der Waals surface area contributed by atoms with E-state index in [4.69, 9.17) is 5.11 Å². The van der Waals surface area contributed by atoms with Crippen LogP contribution in [0.15, 0.2) is 18.2 Å². The summed E-state index contributed by atoms with van der Waals surface area (Å²) >= 11 is 0. The fraction of sp³-hybridized carbons (Fsp3) is 0.333. The van der Waals surface area contributed by atoms with E-state index in [1.54, 1.807) is 13.0 Å². The predicted octanol–water partition coefficient (Wildman–Crippen LogP) is 2.35. The molecule has 0 unspecified atom stereocenters. The van der Waals surface area contributed by atoms with Crippen LogP contribution >= 0.6 is 0 Å². The summed E-state index contributed by atoms with van der Waals surface area (Å²) in [4.78, 5) is 0. The highest BCUT2D eigenvalue weighted by Gasteiger charge is 2.27. The molecule has 0 aliphatic carbocycles. The van der Waals surface area contributed by atoms with Crippen LogP contribution in [-0.4, -0.2) is 5.11 Å². The average Bonchev–Trinajstić information content (AvgIpc) is 1.92. The fourth-order valence-electron chi connectivity index (χ4n) is 0.929. The molecule has 0 heterocycles. The summed E-state index contributed by atoms with van der Waals surface area (Å²) in [5, 5.41) is 8.37. The molecule has 1 N–H and O–H groups in total. The minimum atomic E-state index is -3.72. The zero-order valence-corrected chi connectivity index (χ0v) is 6.94. The van der Waals surface area contributed by atoms with Crippen molar-refractivity contribution in [2.24, 2.45) is 0 Å². The lowest BCUT2D eigenvalue weighted by Crippen LogP contribution is -2.11. The van der Waals surface area contributed by atoms with Gasteiger partial charge in [-0.2, -0.15) is 8.78 Å². The van der Waals surface area contributed by atoms with E-state index in [1.165, 1.54) is 12.1 Å². The van der Waals surface area contributed by atoms with Crippen molar-refractivity contribution in [3.8, 4) is 0 Å². The van der Waals surface area contributed by atoms with Gasteiger partial charge in [0.2, 0.25) is 0 Å². The first-order valence-corrected chi connectivity index (χ1v) is 3.59. The van der Waals surface area contributed by atoms with E-state index in [9.17, 15) is 8.78 Å². The lowest BCUT2D eigenvalue weighted by atomic mass is 10.1. The van der Waals surface area contributed by atoms with Gasteiger partial charge in [0, 0.05) is 0 Å². The number of halogens is 2. The molecular formula is C9H10F2O. The summed E-state index contributed by atoms with van der Waals surface area (Å²) in [6.45, 7) is 3.55. The summed E-state index contributed by atoms with van der Waals surface area (Å²) in [5.41, 5.74) is 1.33. The molecule has 0 amide bonds. The van der Waals surface area contributed by atoms with Gasteiger partial charge in [0.1, 0.15) is 0 Å². The number of aliphatic hydroxyl groups is 1. The van der Waals surface area contributed by atoms with Gasteiger partial charge in [0.05, 0.1) is 5.56 Å². The van der Waals surface area contributed by atoms with Gasteiger partial charge < -0.3 is 5.11 Å². The van der Waals surface area contributed by atoms with E-state index in [0.717, 1.165) is 11.1 Å². The van der Waals surface area contributed by atoms with Crippen LogP contribution in [-0.2, 0) is 6.11 Å². The van der Waals surface area contributed by atoms with Gasteiger partial charge in [0.25, 0.3) is 0 Å². The topological polar surface area (TPSA) is 20.2 Å². The van der Waals surface area contributed by atoms with Crippen LogP contribution in [0.2, 0.25) is 0 Å². The van der Waals surface area contributed by atoms with Crippen molar-refractivity contribution in [1.82, 2.24) is 0 Å². The Morgan fingerprint density at radius 2 is 1.75 bits per heavy atom. The number of aryl methyl sites for hydroxylation is 2. The second kappa shape index (κ2) is 2.83. The summed E-state index contributed by atoms with van der Waals surface area (Å²) in [5.74, 6) is 0. The van der Waals surface area contributed by atoms with E-state index >= 15 is 0 Å². The highest BCUT2D eigenvalue weighted by Crippen LogP contribution is 2.25. The van der Waals surface area contributed by atoms with Crippen molar-refractivity contribution in [3.63, 3.8) is 0 Å². The van der Waals surface area contributed by atoms with Gasteiger partial charge >= 0.3 is 6.11 Å². The molecule has 0 saturated heterocycles. The molecule has 1 aromatic carbocycles. The minimum absolute atomic E-state index is 0.356. The third-order valence-electron chi connectivity index (χ3n) is 1.85. The Bertz CT molecular complexity index is 289. The molecule has 0 saturated carbocycles. The Kier molecular flexibility index (Phi) is 2.15. The Balaban J connectivity index is 3.14. The predicted molar refractivity (Wildman–Crippen MR) is 42.0 cm³/mol. The standard InChI is InChI=1S/C9H10F2O/c1-6-3-4-8(5-7(6)2)9(10,11)12/h3-5,12H,1-2H3. The molecular weight excluding hydrogens is 162 g/mol. The average molecular weight is 172 g/mol. The molecule has 0 radical (unpaired) electrons. The van der Waals surface area contributed by atoms with E-state index in [2.05, 4.69) is 0 Å². The van der Waals surface area contributed by atoms with Gasteiger partial charge in [-0.1, -0.05) is 12.1 Å². The van der Waals surface area contributed by atoms with Crippen molar-refractivity contribution in [3.05, 3.63) is 34.9 Å². The summed E-state index contributed by atoms with van der Waals surface area (Å²) in [6, 6.07) is 4.08. The summed E-state index contributed by atoms with van der Waals surface area (Å²) in [6.07, 6.45) is -3.72. The van der Waals surface area contributed by atoms with Crippen molar-refractivity contribution < 1.29 is 13.9 Å². The van der Waals surface area contributed by atoms with Crippen molar-refractivity contribution in [2.45, 2.75) is 20.0 Å². The zero-order chi connectivity index (χ0) is 9.35. The van der Waals surface area contributed by atoms with Crippen LogP contribution in [0, 0.1) is 13.8 Å². The molecule has 0 aliphatic heterocycles. The lowest BCUT2D eigenvalue weighted by Gasteiger charge is -2.10. The van der Waals surface area contributed by atoms with Crippen LogP contribution in [0.3, 0.4) is 0 Å². The smallest absolute Gasteiger partial charge is 0.332 e. The van der Waals surface area contributed by atoms with E-state index in [1.807, 2.05) is 6.92 Å². The molecule has 12 heavy (non-hydrogen) atoms. The van der Waals surface area contributed by atoms with E-state index < -0.39 is 6.11 Å². The monoisotopic (exact) mass is 172 g/mol. The highest BCUT2D eigenvalue weighted by molar-refractivity contribution is 5.31. The normalized spacial score (nSPS) is 11.8. The number of alkyl halides is 2. The van der Waals surface area contributed by atoms with Crippen LogP contribution in [0.25, 0.3) is 0 Å². The first kappa shape index (κ1) is 9.13. The van der Waals surface area contributed by atoms with Crippen molar-refractivity contribution >= 4 is 0 Å². The molecule has 0 spiro atoms. The molecule has 1 rings (SSSR count). The molecule has 0 atom stereocenters. The van der Waals surface area contributed by atoms with Gasteiger partial charge in [-0.15, -0.1) is 0 Å². The molecule has 0 bridgehead atoms. The summed E-state index contributed by atoms with van der Waals surface area (Å²) < 4.78 is 24.6. The number of hydrogen-bond donors (Lipinski definition) is 1. The quantitative estimate of drug-likeness (QED) is 0.689. The van der Waals surface area contributed by atoms with E-state index in [0.29, 0.717) is 0 Å². The van der Waals surface area contributed by atoms with Crippen molar-refractivity contribution in [1.29, 1.82) is 0 Å². The third kappa shape index (κ3) is 1.80. The molecule has 0 fully saturated rings. The van der Waals surface area contributed by atoms with Gasteiger partial charge in [-0.25, -0.2) is 0 Å². The Morgan fingerprint density at radius 1 is 1.17 bits per heavy atom. The third-order valence-corrected chi connectivity index (χ3v) is 1.85. The molecule has 1 nitrogen and oxygen atoms in total. The summed E-state index contributed by atoms with van der Waals surface area (Å²) in [7, 11) is 0. The minimum Gasteiger partial charge on any atom is -0.332 e. The van der Waals surface area contributed by atoms with E-state index in [-0.39, 0.29) is 5.56 Å². The first-order valence-electron chi connectivity index (χ1n) is 3.59. The molecule has 1 aromatic rings. The fourth-order valence-corrected chi connectivity index (χ4v) is 0.929. The Hall–Kier alpha value is -0.960. The molecule has 0 aromatic heterocycles. The van der Waals surface area contributed by atoms with Gasteiger partial charge in [-0.05, 0) is 31.0 Å². The largest absolute Gasteiger partial charge is 0.380 e. The van der Waals surface area contributed by atoms with Crippen molar-refractivity contribution in [2.75, 3.05) is 0 Å². The van der Waals surface area contributed by atoms with Gasteiger partial charge in [-0.3, -0.25) is 0 Å². The van der Waals surface area contributed by atoms with Crippen LogP contribution in [0.1, 0.15) is 16.7 Å². The van der Waals surface area contributed by atoms with Crippen LogP contribution in [0.5, 0.6) is 0 Å². The zero-order valence-electron chi connectivity index (χ0n) is 6.94. The number of benzene rings is 1. The van der Waals surface area contributed by atoms with Gasteiger partial charge in [0.15, 0.2) is 0 Å². The highest BCUT2D eigenvalue weighted by atomic mass is 19.3. The van der Waals surface area contributed by atoms with Crippen LogP contribution in [0.4, 0.5) is 8.78 Å². The lowest BCUT2D eigenvalue weighted by molar-refractivity contribution is -0.208. The maximum absolute atomic E-state index is 12.3. The Morgan fingerprint density at radius 3 is 2.17 bits per heavy atom. The number of hydrogen-bond acceptors (Lipinski definition) is 1. The first-order chi connectivity index (χ1) is 5.41. The second-order valence-electron chi connectivity index (χ2n) is 2.84. The Labute approximate surface area is 69.7 Å². The maximum Gasteiger partial charge on any atom is 0.380 e. The molecule has 0 aliphatic rings. The van der Waals surface area contributed by atoms with Crippen LogP contribution < -0.4 is 0 Å². The molecule has 3 heteroatoms. The SMILES string of the molecule is Cc1ccc(C(O)(F)F)cc1C. The number of rotatable bonds is 1. The maximum atomic E-state index is 12.3.